The van der Waals surface area contributed by atoms with Gasteiger partial charge in [0, 0.05) is 6.04 Å². The van der Waals surface area contributed by atoms with Crippen LogP contribution in [0.5, 0.6) is 0 Å². The van der Waals surface area contributed by atoms with Crippen LogP contribution in [0.4, 0.5) is 4.39 Å². The van der Waals surface area contributed by atoms with Crippen LogP contribution in [0.2, 0.25) is 0 Å². The minimum absolute atomic E-state index is 0.131. The fourth-order valence-electron chi connectivity index (χ4n) is 2.56. The Bertz CT molecular complexity index is 562. The third-order valence-corrected chi connectivity index (χ3v) is 4.25. The van der Waals surface area contributed by atoms with Gasteiger partial charge in [-0.3, -0.25) is 0 Å². The van der Waals surface area contributed by atoms with Gasteiger partial charge in [-0.25, -0.2) is 4.39 Å². The summed E-state index contributed by atoms with van der Waals surface area (Å²) in [5.41, 5.74) is 3.32. The lowest BCUT2D eigenvalue weighted by molar-refractivity contribution is 0.554. The van der Waals surface area contributed by atoms with E-state index in [1.54, 1.807) is 6.07 Å². The maximum absolute atomic E-state index is 13.8. The molecule has 0 saturated heterocycles. The number of rotatable bonds is 6. The second-order valence-electron chi connectivity index (χ2n) is 5.61. The van der Waals surface area contributed by atoms with Crippen LogP contribution in [0.3, 0.4) is 0 Å². The van der Waals surface area contributed by atoms with Gasteiger partial charge in [0.05, 0.1) is 0 Å². The van der Waals surface area contributed by atoms with E-state index in [2.05, 4.69) is 43.4 Å². The Morgan fingerprint density at radius 3 is 2.19 bits per heavy atom. The van der Waals surface area contributed by atoms with Crippen molar-refractivity contribution in [1.82, 2.24) is 5.32 Å². The van der Waals surface area contributed by atoms with E-state index in [1.807, 2.05) is 19.2 Å². The monoisotopic (exact) mass is 285 g/mol. The molecular formula is C19H24FN. The highest BCUT2D eigenvalue weighted by Gasteiger charge is 2.13. The summed E-state index contributed by atoms with van der Waals surface area (Å²) < 4.78 is 13.8. The predicted molar refractivity (Wildman–Crippen MR) is 87.1 cm³/mol. The highest BCUT2D eigenvalue weighted by Crippen LogP contribution is 2.23. The summed E-state index contributed by atoms with van der Waals surface area (Å²) in [6.45, 7) is 4.44. The van der Waals surface area contributed by atoms with Crippen LogP contribution in [-0.4, -0.2) is 7.05 Å². The molecule has 0 aliphatic heterocycles. The molecular weight excluding hydrogens is 261 g/mol. The van der Waals surface area contributed by atoms with E-state index < -0.39 is 0 Å². The summed E-state index contributed by atoms with van der Waals surface area (Å²) in [4.78, 5) is 0. The average Bonchev–Trinajstić information content (AvgIpc) is 2.53. The molecule has 2 aromatic carbocycles. The third-order valence-electron chi connectivity index (χ3n) is 4.25. The van der Waals surface area contributed by atoms with Crippen LogP contribution in [0, 0.1) is 5.82 Å². The second kappa shape index (κ2) is 7.37. The van der Waals surface area contributed by atoms with Gasteiger partial charge in [0.25, 0.3) is 0 Å². The molecule has 112 valence electrons. The van der Waals surface area contributed by atoms with Gasteiger partial charge in [-0.2, -0.15) is 0 Å². The molecule has 2 aromatic rings. The molecule has 2 heteroatoms. The van der Waals surface area contributed by atoms with E-state index in [1.165, 1.54) is 17.2 Å². The van der Waals surface area contributed by atoms with Crippen LogP contribution in [-0.2, 0) is 6.42 Å². The number of benzene rings is 2. The highest BCUT2D eigenvalue weighted by molar-refractivity contribution is 5.29. The Kier molecular flexibility index (Phi) is 5.51. The molecule has 0 aliphatic rings. The lowest BCUT2D eigenvalue weighted by Gasteiger charge is -2.18. The molecule has 0 amide bonds. The zero-order valence-electron chi connectivity index (χ0n) is 13.1. The maximum atomic E-state index is 13.8. The SMILES string of the molecule is CCC(C)c1ccc(C(Cc2ccccc2F)NC)cc1. The Labute approximate surface area is 127 Å². The Morgan fingerprint density at radius 2 is 1.62 bits per heavy atom. The van der Waals surface area contributed by atoms with E-state index in [0.717, 1.165) is 12.0 Å². The van der Waals surface area contributed by atoms with Gasteiger partial charge in [0.1, 0.15) is 5.82 Å². The fraction of sp³-hybridized carbons (Fsp3) is 0.368. The summed E-state index contributed by atoms with van der Waals surface area (Å²) in [5.74, 6) is 0.452. The maximum Gasteiger partial charge on any atom is 0.126 e. The minimum Gasteiger partial charge on any atom is -0.313 e. The predicted octanol–water partition coefficient (Wildman–Crippen LogP) is 4.84. The first-order valence-electron chi connectivity index (χ1n) is 7.66. The molecule has 2 rings (SSSR count). The van der Waals surface area contributed by atoms with E-state index in [9.17, 15) is 4.39 Å². The van der Waals surface area contributed by atoms with Crippen LogP contribution >= 0.6 is 0 Å². The van der Waals surface area contributed by atoms with E-state index in [-0.39, 0.29) is 11.9 Å². The van der Waals surface area contributed by atoms with Crippen molar-refractivity contribution < 1.29 is 4.39 Å². The van der Waals surface area contributed by atoms with Gasteiger partial charge in [0.15, 0.2) is 0 Å². The molecule has 0 saturated carbocycles. The van der Waals surface area contributed by atoms with Crippen molar-refractivity contribution in [3.05, 3.63) is 71.0 Å². The van der Waals surface area contributed by atoms with Crippen LogP contribution in [0.25, 0.3) is 0 Å². The molecule has 2 unspecified atom stereocenters. The Hall–Kier alpha value is -1.67. The van der Waals surface area contributed by atoms with E-state index in [0.29, 0.717) is 12.3 Å². The highest BCUT2D eigenvalue weighted by atomic mass is 19.1. The van der Waals surface area contributed by atoms with Gasteiger partial charge >= 0.3 is 0 Å². The quantitative estimate of drug-likeness (QED) is 0.800. The lowest BCUT2D eigenvalue weighted by atomic mass is 9.94. The largest absolute Gasteiger partial charge is 0.313 e. The van der Waals surface area contributed by atoms with Crippen molar-refractivity contribution in [1.29, 1.82) is 0 Å². The zero-order valence-corrected chi connectivity index (χ0v) is 13.1. The van der Waals surface area contributed by atoms with Crippen molar-refractivity contribution in [2.45, 2.75) is 38.6 Å². The Morgan fingerprint density at radius 1 is 1.00 bits per heavy atom. The van der Waals surface area contributed by atoms with Crippen molar-refractivity contribution >= 4 is 0 Å². The number of likely N-dealkylation sites (N-methyl/N-ethyl adjacent to an activating group) is 1. The van der Waals surface area contributed by atoms with Gasteiger partial charge in [-0.1, -0.05) is 56.3 Å². The van der Waals surface area contributed by atoms with Crippen molar-refractivity contribution in [2.24, 2.45) is 0 Å². The summed E-state index contributed by atoms with van der Waals surface area (Å²) in [6, 6.07) is 15.8. The average molecular weight is 285 g/mol. The molecule has 21 heavy (non-hydrogen) atoms. The van der Waals surface area contributed by atoms with Gasteiger partial charge < -0.3 is 5.32 Å². The molecule has 0 bridgehead atoms. The number of hydrogen-bond acceptors (Lipinski definition) is 1. The van der Waals surface area contributed by atoms with Crippen LogP contribution < -0.4 is 5.32 Å². The molecule has 1 nitrogen and oxygen atoms in total. The topological polar surface area (TPSA) is 12.0 Å². The smallest absolute Gasteiger partial charge is 0.126 e. The molecule has 1 N–H and O–H groups in total. The van der Waals surface area contributed by atoms with Crippen molar-refractivity contribution in [2.75, 3.05) is 7.05 Å². The summed E-state index contributed by atoms with van der Waals surface area (Å²) in [7, 11) is 1.92. The van der Waals surface area contributed by atoms with Crippen LogP contribution in [0.1, 0.15) is 48.9 Å². The summed E-state index contributed by atoms with van der Waals surface area (Å²) >= 11 is 0. The number of hydrogen-bond donors (Lipinski definition) is 1. The number of halogens is 1. The number of nitrogens with one attached hydrogen (secondary N) is 1. The van der Waals surface area contributed by atoms with Gasteiger partial charge in [0.2, 0.25) is 0 Å². The van der Waals surface area contributed by atoms with E-state index in [4.69, 9.17) is 0 Å². The molecule has 0 aromatic heterocycles. The summed E-state index contributed by atoms with van der Waals surface area (Å²) in [5, 5.41) is 3.29. The molecule has 2 atom stereocenters. The van der Waals surface area contributed by atoms with Gasteiger partial charge in [-0.05, 0) is 48.6 Å². The molecule has 0 heterocycles. The zero-order chi connectivity index (χ0) is 15.2. The molecule has 0 aliphatic carbocycles. The third kappa shape index (κ3) is 3.92. The fourth-order valence-corrected chi connectivity index (χ4v) is 2.56. The first kappa shape index (κ1) is 15.7. The van der Waals surface area contributed by atoms with Crippen molar-refractivity contribution in [3.63, 3.8) is 0 Å². The van der Waals surface area contributed by atoms with Crippen LogP contribution in [0.15, 0.2) is 48.5 Å². The first-order chi connectivity index (χ1) is 10.2. The first-order valence-corrected chi connectivity index (χ1v) is 7.66. The second-order valence-corrected chi connectivity index (χ2v) is 5.61. The minimum atomic E-state index is -0.131. The standard InChI is InChI=1S/C19H24FN/c1-4-14(2)15-9-11-16(12-10-15)19(21-3)13-17-7-5-6-8-18(17)20/h5-12,14,19,21H,4,13H2,1-3H3. The van der Waals surface area contributed by atoms with E-state index >= 15 is 0 Å². The molecule has 0 radical (unpaired) electrons. The van der Waals surface area contributed by atoms with Gasteiger partial charge in [-0.15, -0.1) is 0 Å². The Balaban J connectivity index is 2.16. The molecule has 0 spiro atoms. The summed E-state index contributed by atoms with van der Waals surface area (Å²) in [6.07, 6.45) is 1.80. The normalized spacial score (nSPS) is 13.9. The molecule has 0 fully saturated rings. The van der Waals surface area contributed by atoms with Crippen molar-refractivity contribution in [3.8, 4) is 0 Å². The lowest BCUT2D eigenvalue weighted by Crippen LogP contribution is -2.19.